The van der Waals surface area contributed by atoms with Crippen LogP contribution in [0.5, 0.6) is 5.75 Å². The molecule has 0 saturated carbocycles. The van der Waals surface area contributed by atoms with E-state index in [4.69, 9.17) is 22.3 Å². The van der Waals surface area contributed by atoms with E-state index < -0.39 is 37.8 Å². The second-order valence-electron chi connectivity index (χ2n) is 21.0. The number of aromatic nitrogens is 3. The molecule has 4 nitrogen and oxygen atoms in total. The third kappa shape index (κ3) is 9.69. The summed E-state index contributed by atoms with van der Waals surface area (Å²) in [5.74, 6) is -2.01. The van der Waals surface area contributed by atoms with Gasteiger partial charge in [-0.1, -0.05) is 200 Å². The Morgan fingerprint density at radius 3 is 1.91 bits per heavy atom. The second kappa shape index (κ2) is 18.7. The number of rotatable bonds is 9. The molecule has 6 aromatic carbocycles. The zero-order chi connectivity index (χ0) is 57.7. The molecular weight excluding hydrogens is 1010 g/mol. The molecule has 0 bridgehead atoms. The van der Waals surface area contributed by atoms with Gasteiger partial charge in [0.25, 0.3) is 0 Å². The molecule has 0 aliphatic rings. The minimum absolute atomic E-state index is 0. The molecule has 2 aromatic heterocycles. The van der Waals surface area contributed by atoms with Crippen LogP contribution in [0, 0.1) is 11.5 Å². The van der Waals surface area contributed by atoms with Gasteiger partial charge >= 0.3 is 0 Å². The fraction of sp³-hybridized carbons (Fsp3) is 0.333. The molecule has 0 unspecified atom stereocenters. The van der Waals surface area contributed by atoms with Crippen LogP contribution in [0.4, 0.5) is 0 Å². The molecule has 8 rings (SSSR count). The molecule has 0 saturated heterocycles. The van der Waals surface area contributed by atoms with E-state index in [0.29, 0.717) is 50.4 Å². The van der Waals surface area contributed by atoms with Crippen molar-refractivity contribution in [3.8, 4) is 67.5 Å². The van der Waals surface area contributed by atoms with Crippen molar-refractivity contribution in [2.24, 2.45) is 5.41 Å². The first-order chi connectivity index (χ1) is 35.8. The van der Waals surface area contributed by atoms with Gasteiger partial charge < -0.3 is 5.11 Å². The summed E-state index contributed by atoms with van der Waals surface area (Å²) < 4.78 is 94.6. The number of fused-ring (bicyclic) bond motifs is 1. The van der Waals surface area contributed by atoms with E-state index in [9.17, 15) is 7.85 Å². The molecule has 354 valence electrons. The normalized spacial score (nSPS) is 15.8. The predicted molar refractivity (Wildman–Crippen MR) is 285 cm³/mol. The minimum Gasteiger partial charge on any atom is -0.507 e. The minimum atomic E-state index is -3.39. The van der Waals surface area contributed by atoms with E-state index >= 15 is 0 Å². The average molecular weight is 1090 g/mol. The van der Waals surface area contributed by atoms with Crippen molar-refractivity contribution in [1.29, 1.82) is 0 Å². The van der Waals surface area contributed by atoms with E-state index in [0.717, 1.165) is 44.6 Å². The van der Waals surface area contributed by atoms with Gasteiger partial charge in [0.1, 0.15) is 11.6 Å². The van der Waals surface area contributed by atoms with Crippen molar-refractivity contribution < 1.29 is 41.3 Å². The Morgan fingerprint density at radius 2 is 1.28 bits per heavy atom. The average Bonchev–Trinajstić information content (AvgIpc) is 3.94. The van der Waals surface area contributed by atoms with Crippen LogP contribution in [0.2, 0.25) is 0 Å². The van der Waals surface area contributed by atoms with Crippen molar-refractivity contribution >= 4 is 11.0 Å². The summed E-state index contributed by atoms with van der Waals surface area (Å²) in [6.45, 7) is 14.5. The molecule has 0 fully saturated rings. The summed E-state index contributed by atoms with van der Waals surface area (Å²) in [6, 6.07) is 43.5. The van der Waals surface area contributed by atoms with Gasteiger partial charge in [-0.15, -0.1) is 29.3 Å². The van der Waals surface area contributed by atoms with Crippen molar-refractivity contribution in [3.63, 3.8) is 0 Å². The van der Waals surface area contributed by atoms with Crippen molar-refractivity contribution in [2.75, 3.05) is 0 Å². The largest absolute Gasteiger partial charge is 0.507 e. The Morgan fingerprint density at radius 1 is 0.603 bits per heavy atom. The third-order valence-corrected chi connectivity index (χ3v) is 13.8. The SMILES string of the molecule is [2H]C(C)(C)c1cc(-c2nc3c(-c4[c-]c(-c5cc(-c6ccc(C(C([2H])([2H])[2H])(C([2H])([2H])[2H])C([2H])([2H])[2H])cc6)ccn5)cc(C(C)(C)C)c4)cccc3n2-c2ccc(C(C)(C)C(C)(C)C)cc2-c2ccccc2)c(O)c(C([2H])(C)C)c1.[Pt]. The maximum atomic E-state index is 12.5. The van der Waals surface area contributed by atoms with Gasteiger partial charge in [0, 0.05) is 53.6 Å². The van der Waals surface area contributed by atoms with E-state index in [2.05, 4.69) is 102 Å². The number of phenols is 1. The third-order valence-electron chi connectivity index (χ3n) is 13.8. The number of hydrogen-bond acceptors (Lipinski definition) is 3. The molecule has 0 atom stereocenters. The van der Waals surface area contributed by atoms with Crippen LogP contribution < -0.4 is 0 Å². The molecule has 0 aliphatic heterocycles. The molecule has 68 heavy (non-hydrogen) atoms. The quantitative estimate of drug-likeness (QED) is 0.147. The molecule has 0 amide bonds. The maximum Gasteiger partial charge on any atom is 0.148 e. The van der Waals surface area contributed by atoms with Gasteiger partial charge in [0.2, 0.25) is 0 Å². The van der Waals surface area contributed by atoms with E-state index in [1.807, 2.05) is 54.6 Å². The monoisotopic (exact) mass is 1090 g/mol. The first-order valence-electron chi connectivity index (χ1n) is 28.5. The van der Waals surface area contributed by atoms with Gasteiger partial charge in [-0.05, 0) is 103 Å². The number of benzene rings is 6. The molecular formula is C63H70N3OPt-. The summed E-state index contributed by atoms with van der Waals surface area (Å²) in [6.07, 6.45) is 1.64. The van der Waals surface area contributed by atoms with Crippen LogP contribution >= 0.6 is 0 Å². The summed E-state index contributed by atoms with van der Waals surface area (Å²) in [5.41, 5.74) is 7.34. The van der Waals surface area contributed by atoms with Gasteiger partial charge in [-0.25, -0.2) is 4.98 Å². The van der Waals surface area contributed by atoms with Crippen LogP contribution in [0.25, 0.3) is 72.7 Å². The predicted octanol–water partition coefficient (Wildman–Crippen LogP) is 17.4. The molecule has 2 heterocycles. The van der Waals surface area contributed by atoms with Crippen molar-refractivity contribution in [2.45, 2.75) is 132 Å². The molecule has 0 aliphatic carbocycles. The number of hydrogen-bond donors (Lipinski definition) is 1. The number of nitrogens with zero attached hydrogens (tertiary/aromatic N) is 3. The number of aromatic hydroxyl groups is 1. The number of para-hydroxylation sites is 1. The van der Waals surface area contributed by atoms with Gasteiger partial charge in [-0.3, -0.25) is 9.55 Å². The number of imidazole rings is 1. The van der Waals surface area contributed by atoms with E-state index in [-0.39, 0.29) is 48.6 Å². The Balaban J connectivity index is 0.00000903. The Bertz CT molecular complexity index is 3510. The fourth-order valence-electron chi connectivity index (χ4n) is 8.57. The van der Waals surface area contributed by atoms with Crippen LogP contribution in [-0.4, -0.2) is 19.6 Å². The van der Waals surface area contributed by atoms with Gasteiger partial charge in [0.15, 0.2) is 0 Å². The number of phenolic OH excluding ortho intramolecular Hbond substituents is 1. The van der Waals surface area contributed by atoms with Crippen LogP contribution in [-0.2, 0) is 37.3 Å². The Labute approximate surface area is 437 Å². The molecule has 0 radical (unpaired) electrons. The standard InChI is InChI=1S/C63H70N3O.Pt/c1-39(2)44-35-51(40(3)4)58(67)53(36-44)59-65-57-50(22-19-23-56(57)66(59)55-29-28-48(63(14,15)62(11,12)13)38-52(55)42-20-17-16-18-21-42)45-32-46(34-49(33-45)61(8,9)10)54-37-43(30-31-64-54)41-24-26-47(27-25-41)60(5,6)7;/h16-31,33-40,67H,1-15H3;/q-1;/i5D3,6D3,7D3,39D,40D;. The molecule has 8 aromatic rings. The van der Waals surface area contributed by atoms with Crippen LogP contribution in [0.1, 0.15) is 158 Å². The van der Waals surface area contributed by atoms with Gasteiger partial charge in [0.05, 0.1) is 22.3 Å². The fourth-order valence-corrected chi connectivity index (χ4v) is 8.57. The molecule has 0 spiro atoms. The zero-order valence-electron chi connectivity index (χ0n) is 52.3. The van der Waals surface area contributed by atoms with E-state index in [1.165, 1.54) is 24.3 Å². The smallest absolute Gasteiger partial charge is 0.148 e. The van der Waals surface area contributed by atoms with Gasteiger partial charge in [-0.2, -0.15) is 0 Å². The van der Waals surface area contributed by atoms with Crippen molar-refractivity contribution in [1.82, 2.24) is 14.5 Å². The Hall–Kier alpha value is -5.57. The van der Waals surface area contributed by atoms with Crippen LogP contribution in [0.15, 0.2) is 134 Å². The summed E-state index contributed by atoms with van der Waals surface area (Å²) in [4.78, 5) is 10.4. The molecule has 5 heteroatoms. The molecule has 1 N–H and O–H groups in total. The first kappa shape index (κ1) is 37.3. The first-order valence-corrected chi connectivity index (χ1v) is 23.0. The van der Waals surface area contributed by atoms with Crippen molar-refractivity contribution in [3.05, 3.63) is 167 Å². The Kier molecular flexibility index (Phi) is 10.3. The topological polar surface area (TPSA) is 50.9 Å². The summed E-state index contributed by atoms with van der Waals surface area (Å²) in [7, 11) is 0. The second-order valence-corrected chi connectivity index (χ2v) is 21.0. The summed E-state index contributed by atoms with van der Waals surface area (Å²) >= 11 is 0. The number of pyridine rings is 1. The van der Waals surface area contributed by atoms with Crippen LogP contribution in [0.3, 0.4) is 0 Å². The zero-order valence-corrected chi connectivity index (χ0v) is 43.6. The maximum absolute atomic E-state index is 12.5. The van der Waals surface area contributed by atoms with E-state index in [1.54, 1.807) is 46.0 Å². The summed E-state index contributed by atoms with van der Waals surface area (Å²) in [5, 5.41) is 12.5.